The second-order valence-electron chi connectivity index (χ2n) is 8.06. The van der Waals surface area contributed by atoms with Crippen LogP contribution >= 0.6 is 24.0 Å². The fourth-order valence-corrected chi connectivity index (χ4v) is 4.02. The minimum absolute atomic E-state index is 0. The third-order valence-electron chi connectivity index (χ3n) is 5.63. The number of benzene rings is 2. The first-order chi connectivity index (χ1) is 15.3. The molecule has 0 saturated carbocycles. The fourth-order valence-electron chi connectivity index (χ4n) is 4.02. The number of nitrogens with zero attached hydrogens (tertiary/aromatic N) is 4. The quantitative estimate of drug-likeness (QED) is 0.263. The normalized spacial score (nSPS) is 16.1. The van der Waals surface area contributed by atoms with Crippen LogP contribution < -0.4 is 5.32 Å². The lowest BCUT2D eigenvalue weighted by molar-refractivity contribution is 0.0906. The van der Waals surface area contributed by atoms with E-state index in [1.807, 2.05) is 31.8 Å². The van der Waals surface area contributed by atoms with Crippen molar-refractivity contribution in [1.82, 2.24) is 19.8 Å². The predicted octanol–water partition coefficient (Wildman–Crippen LogP) is 4.16. The third-order valence-corrected chi connectivity index (χ3v) is 5.63. The number of rotatable bonds is 8. The van der Waals surface area contributed by atoms with Crippen LogP contribution in [0.3, 0.4) is 0 Å². The summed E-state index contributed by atoms with van der Waals surface area (Å²) in [5, 5.41) is 3.53. The van der Waals surface area contributed by atoms with Gasteiger partial charge in [-0.15, -0.1) is 24.0 Å². The zero-order valence-electron chi connectivity index (χ0n) is 18.6. The maximum atomic E-state index is 5.96. The van der Waals surface area contributed by atoms with Gasteiger partial charge in [0.1, 0.15) is 0 Å². The Kier molecular flexibility index (Phi) is 9.55. The second-order valence-corrected chi connectivity index (χ2v) is 8.06. The summed E-state index contributed by atoms with van der Waals surface area (Å²) in [5.74, 6) is 1.51. The maximum absolute atomic E-state index is 5.96. The Morgan fingerprint density at radius 3 is 2.72 bits per heavy atom. The summed E-state index contributed by atoms with van der Waals surface area (Å²) >= 11 is 0. The summed E-state index contributed by atoms with van der Waals surface area (Å²) < 4.78 is 8.04. The molecule has 4 rings (SSSR count). The molecule has 0 radical (unpaired) electrons. The molecule has 1 aliphatic heterocycles. The van der Waals surface area contributed by atoms with Crippen molar-refractivity contribution in [2.45, 2.75) is 26.1 Å². The van der Waals surface area contributed by atoms with E-state index in [9.17, 15) is 0 Å². The molecule has 1 aliphatic rings. The van der Waals surface area contributed by atoms with E-state index in [1.165, 1.54) is 16.7 Å². The average Bonchev–Trinajstić information content (AvgIpc) is 3.48. The van der Waals surface area contributed by atoms with Gasteiger partial charge in [0.05, 0.1) is 19.5 Å². The largest absolute Gasteiger partial charge is 0.376 e. The van der Waals surface area contributed by atoms with E-state index in [1.54, 1.807) is 0 Å². The number of ether oxygens (including phenoxy) is 1. The van der Waals surface area contributed by atoms with Crippen molar-refractivity contribution in [3.05, 3.63) is 90.0 Å². The maximum Gasteiger partial charge on any atom is 0.193 e. The van der Waals surface area contributed by atoms with Crippen molar-refractivity contribution < 1.29 is 4.74 Å². The minimum Gasteiger partial charge on any atom is -0.376 e. The number of halogens is 1. The molecule has 1 fully saturated rings. The molecule has 170 valence electrons. The van der Waals surface area contributed by atoms with Crippen molar-refractivity contribution in [2.75, 3.05) is 26.7 Å². The first-order valence-electron chi connectivity index (χ1n) is 10.9. The smallest absolute Gasteiger partial charge is 0.193 e. The molecule has 1 N–H and O–H groups in total. The summed E-state index contributed by atoms with van der Waals surface area (Å²) in [7, 11) is 1.86. The van der Waals surface area contributed by atoms with Crippen LogP contribution in [0.4, 0.5) is 0 Å². The Labute approximate surface area is 207 Å². The van der Waals surface area contributed by atoms with E-state index < -0.39 is 0 Å². The zero-order valence-corrected chi connectivity index (χ0v) is 20.9. The average molecular weight is 545 g/mol. The summed E-state index contributed by atoms with van der Waals surface area (Å²) in [4.78, 5) is 11.0. The van der Waals surface area contributed by atoms with E-state index in [0.29, 0.717) is 12.5 Å². The van der Waals surface area contributed by atoms with Crippen LogP contribution in [0.5, 0.6) is 0 Å². The predicted molar refractivity (Wildman–Crippen MR) is 139 cm³/mol. The highest BCUT2D eigenvalue weighted by molar-refractivity contribution is 14.0. The summed E-state index contributed by atoms with van der Waals surface area (Å²) in [5.41, 5.74) is 3.75. The Morgan fingerprint density at radius 2 is 1.94 bits per heavy atom. The van der Waals surface area contributed by atoms with Crippen LogP contribution in [0.15, 0.2) is 78.3 Å². The van der Waals surface area contributed by atoms with Gasteiger partial charge in [0.2, 0.25) is 0 Å². The van der Waals surface area contributed by atoms with Gasteiger partial charge in [0.25, 0.3) is 0 Å². The van der Waals surface area contributed by atoms with Gasteiger partial charge < -0.3 is 19.5 Å². The molecule has 1 aromatic heterocycles. The lowest BCUT2D eigenvalue weighted by Crippen LogP contribution is -2.39. The van der Waals surface area contributed by atoms with Crippen molar-refractivity contribution in [2.24, 2.45) is 10.9 Å². The number of likely N-dealkylation sites (tertiary alicyclic amines) is 1. The first kappa shape index (κ1) is 24.3. The number of hydrogen-bond donors (Lipinski definition) is 1. The van der Waals surface area contributed by atoms with Gasteiger partial charge in [0, 0.05) is 51.5 Å². The van der Waals surface area contributed by atoms with Gasteiger partial charge in [0.15, 0.2) is 5.96 Å². The Morgan fingerprint density at radius 1 is 1.12 bits per heavy atom. The molecule has 0 amide bonds. The van der Waals surface area contributed by atoms with Gasteiger partial charge in [-0.2, -0.15) is 0 Å². The highest BCUT2D eigenvalue weighted by atomic mass is 127. The van der Waals surface area contributed by atoms with Crippen molar-refractivity contribution in [3.63, 3.8) is 0 Å². The fraction of sp³-hybridized carbons (Fsp3) is 0.360. The molecule has 2 heterocycles. The number of aromatic nitrogens is 2. The highest BCUT2D eigenvalue weighted by Gasteiger charge is 2.24. The molecule has 2 aromatic carbocycles. The highest BCUT2D eigenvalue weighted by Crippen LogP contribution is 2.17. The molecule has 0 bridgehead atoms. The summed E-state index contributed by atoms with van der Waals surface area (Å²) in [6.45, 7) is 5.06. The molecule has 6 nitrogen and oxygen atoms in total. The monoisotopic (exact) mass is 545 g/mol. The standard InChI is InChI=1S/C25H31N5O.HI/c1-26-25(28-15-22-8-5-9-23(14-22)16-29-13-11-27-20-29)30-12-10-24(17-30)19-31-18-21-6-3-2-4-7-21;/h2-9,11,13-14,20,24H,10,12,15-19H2,1H3,(H,26,28);1H. The minimum atomic E-state index is 0. The van der Waals surface area contributed by atoms with E-state index in [4.69, 9.17) is 4.74 Å². The summed E-state index contributed by atoms with van der Waals surface area (Å²) in [6, 6.07) is 19.0. The third kappa shape index (κ3) is 7.06. The van der Waals surface area contributed by atoms with E-state index >= 15 is 0 Å². The molecule has 7 heteroatoms. The van der Waals surface area contributed by atoms with Gasteiger partial charge in [-0.25, -0.2) is 4.98 Å². The lowest BCUT2D eigenvalue weighted by Gasteiger charge is -2.22. The van der Waals surface area contributed by atoms with E-state index in [2.05, 4.69) is 73.3 Å². The van der Waals surface area contributed by atoms with Gasteiger partial charge >= 0.3 is 0 Å². The van der Waals surface area contributed by atoms with Crippen molar-refractivity contribution >= 4 is 29.9 Å². The van der Waals surface area contributed by atoms with Crippen LogP contribution in [-0.2, 0) is 24.4 Å². The Hall–Kier alpha value is -2.39. The van der Waals surface area contributed by atoms with Crippen LogP contribution in [-0.4, -0.2) is 47.2 Å². The Bertz CT molecular complexity index is 961. The first-order valence-corrected chi connectivity index (χ1v) is 10.9. The molecule has 3 aromatic rings. The van der Waals surface area contributed by atoms with Crippen LogP contribution in [0.1, 0.15) is 23.1 Å². The molecule has 1 unspecified atom stereocenters. The topological polar surface area (TPSA) is 54.7 Å². The van der Waals surface area contributed by atoms with Crippen molar-refractivity contribution in [3.8, 4) is 0 Å². The van der Waals surface area contributed by atoms with Crippen LogP contribution in [0.25, 0.3) is 0 Å². The van der Waals surface area contributed by atoms with Gasteiger partial charge in [-0.3, -0.25) is 4.99 Å². The molecular formula is C25H32IN5O. The SMILES string of the molecule is CN=C(NCc1cccc(Cn2ccnc2)c1)N1CCC(COCc2ccccc2)C1.I. The van der Waals surface area contributed by atoms with Crippen LogP contribution in [0, 0.1) is 5.92 Å². The zero-order chi connectivity index (χ0) is 21.3. The molecule has 1 atom stereocenters. The second kappa shape index (κ2) is 12.6. The summed E-state index contributed by atoms with van der Waals surface area (Å²) in [6.07, 6.45) is 6.78. The van der Waals surface area contributed by atoms with Gasteiger partial charge in [-0.05, 0) is 23.1 Å². The Balaban J connectivity index is 0.00000289. The number of hydrogen-bond acceptors (Lipinski definition) is 3. The van der Waals surface area contributed by atoms with Gasteiger partial charge in [-0.1, -0.05) is 54.6 Å². The molecule has 1 saturated heterocycles. The number of guanidine groups is 1. The molecule has 0 spiro atoms. The number of imidazole rings is 1. The number of aliphatic imine (C=N–C) groups is 1. The number of nitrogens with one attached hydrogen (secondary N) is 1. The molecule has 32 heavy (non-hydrogen) atoms. The van der Waals surface area contributed by atoms with Crippen molar-refractivity contribution in [1.29, 1.82) is 0 Å². The molecular weight excluding hydrogens is 513 g/mol. The van der Waals surface area contributed by atoms with Crippen LogP contribution in [0.2, 0.25) is 0 Å². The molecule has 0 aliphatic carbocycles. The van der Waals surface area contributed by atoms with E-state index in [0.717, 1.165) is 45.2 Å². The lowest BCUT2D eigenvalue weighted by atomic mass is 10.1. The van der Waals surface area contributed by atoms with E-state index in [-0.39, 0.29) is 24.0 Å².